The topological polar surface area (TPSA) is 58.2 Å². The van der Waals surface area contributed by atoms with Crippen molar-refractivity contribution in [3.63, 3.8) is 0 Å². The zero-order valence-electron chi connectivity index (χ0n) is 13.5. The van der Waals surface area contributed by atoms with Gasteiger partial charge in [0.15, 0.2) is 0 Å². The Morgan fingerprint density at radius 1 is 1.15 bits per heavy atom. The highest BCUT2D eigenvalue weighted by atomic mass is 32.2. The molecule has 0 saturated carbocycles. The third kappa shape index (κ3) is 4.37. The number of anilines is 1. The summed E-state index contributed by atoms with van der Waals surface area (Å²) in [5, 5.41) is 4.52. The maximum atomic E-state index is 12.8. The largest absolute Gasteiger partial charge is 0.416 e. The van der Waals surface area contributed by atoms with Gasteiger partial charge in [0, 0.05) is 17.9 Å². The second-order valence-electron chi connectivity index (χ2n) is 5.77. The van der Waals surface area contributed by atoms with Gasteiger partial charge in [-0.1, -0.05) is 30.3 Å². The highest BCUT2D eigenvalue weighted by Gasteiger charge is 2.34. The number of halogens is 3. The van der Waals surface area contributed by atoms with E-state index in [1.807, 2.05) is 30.3 Å². The Bertz CT molecular complexity index is 825. The van der Waals surface area contributed by atoms with Crippen molar-refractivity contribution >= 4 is 29.3 Å². The minimum Gasteiger partial charge on any atom is -0.352 e. The lowest BCUT2D eigenvalue weighted by atomic mass is 10.1. The van der Waals surface area contributed by atoms with Gasteiger partial charge in [-0.05, 0) is 23.8 Å². The molecule has 4 nitrogen and oxygen atoms in total. The highest BCUT2D eigenvalue weighted by molar-refractivity contribution is 8.01. The highest BCUT2D eigenvalue weighted by Crippen LogP contribution is 2.40. The summed E-state index contributed by atoms with van der Waals surface area (Å²) in [6.45, 7) is 0.351. The first-order valence-corrected chi connectivity index (χ1v) is 8.70. The first-order chi connectivity index (χ1) is 12.3. The monoisotopic (exact) mass is 380 g/mol. The van der Waals surface area contributed by atoms with Crippen LogP contribution in [0.4, 0.5) is 18.9 Å². The normalized spacial score (nSPS) is 16.6. The summed E-state index contributed by atoms with van der Waals surface area (Å²) >= 11 is 1.09. The first-order valence-electron chi connectivity index (χ1n) is 7.82. The van der Waals surface area contributed by atoms with E-state index in [1.165, 1.54) is 6.07 Å². The van der Waals surface area contributed by atoms with Crippen molar-refractivity contribution in [2.24, 2.45) is 0 Å². The summed E-state index contributed by atoms with van der Waals surface area (Å²) in [5.41, 5.74) is 0.235. The van der Waals surface area contributed by atoms with Crippen molar-refractivity contribution in [2.75, 3.05) is 5.32 Å². The molecule has 0 aromatic heterocycles. The molecule has 0 saturated heterocycles. The number of carbonyl (C=O) groups is 2. The van der Waals surface area contributed by atoms with E-state index < -0.39 is 22.9 Å². The lowest BCUT2D eigenvalue weighted by molar-refractivity contribution is -0.137. The number of nitrogens with one attached hydrogen (secondary N) is 2. The molecule has 1 heterocycles. The molecule has 3 rings (SSSR count). The first kappa shape index (κ1) is 18.3. The number of hydrogen-bond acceptors (Lipinski definition) is 3. The van der Waals surface area contributed by atoms with Crippen molar-refractivity contribution in [1.82, 2.24) is 5.32 Å². The Kier molecular flexibility index (Phi) is 5.22. The lowest BCUT2D eigenvalue weighted by Gasteiger charge is -2.24. The molecule has 0 fully saturated rings. The fraction of sp³-hybridized carbons (Fsp3) is 0.222. The van der Waals surface area contributed by atoms with E-state index in [2.05, 4.69) is 10.6 Å². The minimum atomic E-state index is -4.47. The quantitative estimate of drug-likeness (QED) is 0.848. The van der Waals surface area contributed by atoms with Gasteiger partial charge < -0.3 is 10.6 Å². The molecule has 0 unspecified atom stereocenters. The van der Waals surface area contributed by atoms with Crippen LogP contribution in [0.3, 0.4) is 0 Å². The molecule has 26 heavy (non-hydrogen) atoms. The van der Waals surface area contributed by atoms with Gasteiger partial charge in [0.1, 0.15) is 0 Å². The summed E-state index contributed by atoms with van der Waals surface area (Å²) < 4.78 is 38.3. The van der Waals surface area contributed by atoms with Crippen molar-refractivity contribution in [2.45, 2.75) is 29.3 Å². The smallest absolute Gasteiger partial charge is 0.352 e. The molecule has 2 aromatic carbocycles. The van der Waals surface area contributed by atoms with E-state index in [9.17, 15) is 22.8 Å². The van der Waals surface area contributed by atoms with E-state index in [-0.39, 0.29) is 18.0 Å². The summed E-state index contributed by atoms with van der Waals surface area (Å²) in [4.78, 5) is 24.7. The standard InChI is InChI=1S/C18H15F3N2O2S/c19-18(20,21)12-6-7-14-13(8-12)23-17(25)15(26-14)9-16(24)22-10-11-4-2-1-3-5-11/h1-8,15H,9-10H2,(H,22,24)(H,23,25)/t15-/m0/s1. The fourth-order valence-electron chi connectivity index (χ4n) is 2.50. The molecule has 0 aliphatic carbocycles. The molecule has 0 radical (unpaired) electrons. The second kappa shape index (κ2) is 7.41. The van der Waals surface area contributed by atoms with Crippen LogP contribution in [-0.4, -0.2) is 17.1 Å². The average Bonchev–Trinajstić information content (AvgIpc) is 2.60. The van der Waals surface area contributed by atoms with Crippen LogP contribution in [0.25, 0.3) is 0 Å². The minimum absolute atomic E-state index is 0.0518. The Hall–Kier alpha value is -2.48. The van der Waals surface area contributed by atoms with Crippen LogP contribution >= 0.6 is 11.8 Å². The number of carbonyl (C=O) groups excluding carboxylic acids is 2. The molecule has 8 heteroatoms. The molecule has 1 atom stereocenters. The predicted octanol–water partition coefficient (Wildman–Crippen LogP) is 3.82. The third-order valence-electron chi connectivity index (χ3n) is 3.83. The number of alkyl halides is 3. The van der Waals surface area contributed by atoms with Crippen LogP contribution in [0.15, 0.2) is 53.4 Å². The molecule has 2 aromatic rings. The van der Waals surface area contributed by atoms with Crippen LogP contribution in [-0.2, 0) is 22.3 Å². The van der Waals surface area contributed by atoms with E-state index in [1.54, 1.807) is 0 Å². The SMILES string of the molecule is O=C(C[C@@H]1Sc2ccc(C(F)(F)F)cc2NC1=O)NCc1ccccc1. The number of thioether (sulfide) groups is 1. The van der Waals surface area contributed by atoms with Gasteiger partial charge in [0.25, 0.3) is 0 Å². The Morgan fingerprint density at radius 2 is 1.88 bits per heavy atom. The average molecular weight is 380 g/mol. The van der Waals surface area contributed by atoms with Crippen LogP contribution < -0.4 is 10.6 Å². The van der Waals surface area contributed by atoms with Gasteiger partial charge in [-0.15, -0.1) is 11.8 Å². The van der Waals surface area contributed by atoms with Gasteiger partial charge in [-0.25, -0.2) is 0 Å². The zero-order valence-corrected chi connectivity index (χ0v) is 14.3. The van der Waals surface area contributed by atoms with E-state index >= 15 is 0 Å². The molecule has 1 aliphatic heterocycles. The van der Waals surface area contributed by atoms with Crippen LogP contribution in [0.2, 0.25) is 0 Å². The summed E-state index contributed by atoms with van der Waals surface area (Å²) in [6, 6.07) is 12.5. The molecule has 136 valence electrons. The van der Waals surface area contributed by atoms with Gasteiger partial charge in [0.2, 0.25) is 11.8 Å². The maximum Gasteiger partial charge on any atom is 0.416 e. The summed E-state index contributed by atoms with van der Waals surface area (Å²) in [5.74, 6) is -0.770. The van der Waals surface area contributed by atoms with Crippen molar-refractivity contribution in [1.29, 1.82) is 0 Å². The third-order valence-corrected chi connectivity index (χ3v) is 5.10. The number of fused-ring (bicyclic) bond motifs is 1. The Morgan fingerprint density at radius 3 is 2.58 bits per heavy atom. The fourth-order valence-corrected chi connectivity index (χ4v) is 3.59. The number of hydrogen-bond donors (Lipinski definition) is 2. The number of rotatable bonds is 4. The van der Waals surface area contributed by atoms with Gasteiger partial charge in [-0.2, -0.15) is 13.2 Å². The molecule has 2 amide bonds. The predicted molar refractivity (Wildman–Crippen MR) is 92.6 cm³/mol. The summed E-state index contributed by atoms with van der Waals surface area (Å²) in [6.07, 6.45) is -4.53. The van der Waals surface area contributed by atoms with Crippen molar-refractivity contribution in [3.8, 4) is 0 Å². The Balaban J connectivity index is 1.62. The molecule has 1 aliphatic rings. The molecular weight excluding hydrogens is 365 g/mol. The zero-order chi connectivity index (χ0) is 18.7. The van der Waals surface area contributed by atoms with Crippen LogP contribution in [0.1, 0.15) is 17.5 Å². The van der Waals surface area contributed by atoms with Gasteiger partial charge >= 0.3 is 6.18 Å². The van der Waals surface area contributed by atoms with E-state index in [4.69, 9.17) is 0 Å². The van der Waals surface area contributed by atoms with Gasteiger partial charge in [-0.3, -0.25) is 9.59 Å². The number of benzene rings is 2. The van der Waals surface area contributed by atoms with E-state index in [0.29, 0.717) is 11.4 Å². The number of amides is 2. The van der Waals surface area contributed by atoms with Crippen LogP contribution in [0.5, 0.6) is 0 Å². The maximum absolute atomic E-state index is 12.8. The van der Waals surface area contributed by atoms with Crippen LogP contribution in [0, 0.1) is 0 Å². The molecule has 0 spiro atoms. The molecule has 0 bridgehead atoms. The van der Waals surface area contributed by atoms with Crippen molar-refractivity contribution < 1.29 is 22.8 Å². The Labute approximate surface area is 152 Å². The second-order valence-corrected chi connectivity index (χ2v) is 7.02. The molecular formula is C18H15F3N2O2S. The molecule has 2 N–H and O–H groups in total. The van der Waals surface area contributed by atoms with Gasteiger partial charge in [0.05, 0.1) is 16.5 Å². The van der Waals surface area contributed by atoms with Crippen molar-refractivity contribution in [3.05, 3.63) is 59.7 Å². The lowest BCUT2D eigenvalue weighted by Crippen LogP contribution is -2.34. The summed E-state index contributed by atoms with van der Waals surface area (Å²) in [7, 11) is 0. The van der Waals surface area contributed by atoms with E-state index in [0.717, 1.165) is 29.5 Å².